The summed E-state index contributed by atoms with van der Waals surface area (Å²) in [5, 5.41) is 0. The third-order valence-corrected chi connectivity index (χ3v) is 3.88. The highest BCUT2D eigenvalue weighted by Gasteiger charge is 2.26. The van der Waals surface area contributed by atoms with Crippen LogP contribution >= 0.6 is 0 Å². The molecular weight excluding hydrogens is 252 g/mol. The zero-order valence-corrected chi connectivity index (χ0v) is 11.6. The minimum atomic E-state index is 0.00170. The van der Waals surface area contributed by atoms with Crippen LogP contribution in [0.5, 0.6) is 0 Å². The topological polar surface area (TPSA) is 51.0 Å². The second-order valence-electron chi connectivity index (χ2n) is 5.06. The van der Waals surface area contributed by atoms with E-state index < -0.39 is 0 Å². The van der Waals surface area contributed by atoms with E-state index in [1.807, 2.05) is 19.2 Å². The van der Waals surface area contributed by atoms with Crippen molar-refractivity contribution in [2.24, 2.45) is 0 Å². The number of aromatic nitrogens is 3. The standard InChI is InChI=1S/C15H18N4O/c1-2-18-9-7-17-14(15(18)20)19-8-5-13(11-19)12-4-3-6-16-10-12/h3-4,6-7,9-10,13H,2,5,8,11H2,1H3/t13-/m0/s1. The summed E-state index contributed by atoms with van der Waals surface area (Å²) in [5.74, 6) is 1.00. The van der Waals surface area contributed by atoms with Crippen LogP contribution in [0.15, 0.2) is 41.7 Å². The molecule has 1 aliphatic heterocycles. The average molecular weight is 270 g/mol. The van der Waals surface area contributed by atoms with E-state index in [-0.39, 0.29) is 5.56 Å². The average Bonchev–Trinajstić information content (AvgIpc) is 2.98. The largest absolute Gasteiger partial charge is 0.351 e. The molecule has 1 fully saturated rings. The smallest absolute Gasteiger partial charge is 0.293 e. The summed E-state index contributed by atoms with van der Waals surface area (Å²) in [5.41, 5.74) is 1.24. The minimum Gasteiger partial charge on any atom is -0.351 e. The van der Waals surface area contributed by atoms with Crippen LogP contribution in [0.1, 0.15) is 24.8 Å². The first-order valence-corrected chi connectivity index (χ1v) is 7.00. The first-order valence-electron chi connectivity index (χ1n) is 7.00. The maximum atomic E-state index is 12.3. The quantitative estimate of drug-likeness (QED) is 0.851. The Bertz CT molecular complexity index is 638. The molecule has 0 bridgehead atoms. The van der Waals surface area contributed by atoms with Gasteiger partial charge in [-0.25, -0.2) is 4.98 Å². The zero-order chi connectivity index (χ0) is 13.9. The van der Waals surface area contributed by atoms with Gasteiger partial charge in [0.05, 0.1) is 0 Å². The van der Waals surface area contributed by atoms with E-state index in [1.54, 1.807) is 23.2 Å². The SMILES string of the molecule is CCn1ccnc(N2CC[C@H](c3cccnc3)C2)c1=O. The summed E-state index contributed by atoms with van der Waals surface area (Å²) in [6.07, 6.45) is 8.18. The zero-order valence-electron chi connectivity index (χ0n) is 11.6. The van der Waals surface area contributed by atoms with Gasteiger partial charge in [0.25, 0.3) is 5.56 Å². The van der Waals surface area contributed by atoms with Crippen molar-refractivity contribution < 1.29 is 0 Å². The summed E-state index contributed by atoms with van der Waals surface area (Å²) >= 11 is 0. The molecule has 2 aromatic rings. The Morgan fingerprint density at radius 1 is 1.40 bits per heavy atom. The summed E-state index contributed by atoms with van der Waals surface area (Å²) < 4.78 is 1.69. The molecule has 1 aliphatic rings. The van der Waals surface area contributed by atoms with E-state index in [9.17, 15) is 4.79 Å². The minimum absolute atomic E-state index is 0.00170. The normalized spacial score (nSPS) is 18.4. The third kappa shape index (κ3) is 2.31. The summed E-state index contributed by atoms with van der Waals surface area (Å²) in [4.78, 5) is 22.8. The predicted molar refractivity (Wildman–Crippen MR) is 78.0 cm³/mol. The monoisotopic (exact) mass is 270 g/mol. The Kier molecular flexibility index (Phi) is 3.50. The van der Waals surface area contributed by atoms with E-state index in [0.29, 0.717) is 18.3 Å². The lowest BCUT2D eigenvalue weighted by Crippen LogP contribution is -2.31. The Morgan fingerprint density at radius 3 is 3.05 bits per heavy atom. The molecule has 0 N–H and O–H groups in total. The fourth-order valence-corrected chi connectivity index (χ4v) is 2.74. The molecule has 5 heteroatoms. The van der Waals surface area contributed by atoms with Gasteiger partial charge < -0.3 is 9.47 Å². The summed E-state index contributed by atoms with van der Waals surface area (Å²) in [7, 11) is 0. The molecule has 2 aromatic heterocycles. The molecule has 0 radical (unpaired) electrons. The highest BCUT2D eigenvalue weighted by Crippen LogP contribution is 2.27. The number of anilines is 1. The van der Waals surface area contributed by atoms with Crippen LogP contribution in [0.2, 0.25) is 0 Å². The van der Waals surface area contributed by atoms with Crippen LogP contribution in [-0.4, -0.2) is 27.6 Å². The number of hydrogen-bond acceptors (Lipinski definition) is 4. The van der Waals surface area contributed by atoms with Crippen LogP contribution in [0.4, 0.5) is 5.82 Å². The van der Waals surface area contributed by atoms with Crippen LogP contribution in [0, 0.1) is 0 Å². The first kappa shape index (κ1) is 12.8. The Labute approximate surface area is 117 Å². The highest BCUT2D eigenvalue weighted by atomic mass is 16.1. The van der Waals surface area contributed by atoms with Crippen LogP contribution in [0.3, 0.4) is 0 Å². The number of hydrogen-bond donors (Lipinski definition) is 0. The van der Waals surface area contributed by atoms with E-state index in [4.69, 9.17) is 0 Å². The van der Waals surface area contributed by atoms with E-state index >= 15 is 0 Å². The van der Waals surface area contributed by atoms with Gasteiger partial charge in [-0.15, -0.1) is 0 Å². The van der Waals surface area contributed by atoms with Gasteiger partial charge in [0.2, 0.25) is 0 Å². The molecular formula is C15H18N4O. The number of aryl methyl sites for hydroxylation is 1. The van der Waals surface area contributed by atoms with Crippen LogP contribution < -0.4 is 10.5 Å². The molecule has 1 saturated heterocycles. The second-order valence-corrected chi connectivity index (χ2v) is 5.06. The van der Waals surface area contributed by atoms with Gasteiger partial charge in [-0.2, -0.15) is 0 Å². The predicted octanol–water partition coefficient (Wildman–Crippen LogP) is 1.65. The molecule has 0 spiro atoms. The number of rotatable bonds is 3. The van der Waals surface area contributed by atoms with Gasteiger partial charge in [0, 0.05) is 50.3 Å². The molecule has 5 nitrogen and oxygen atoms in total. The van der Waals surface area contributed by atoms with E-state index in [0.717, 1.165) is 19.5 Å². The molecule has 3 rings (SSSR count). The van der Waals surface area contributed by atoms with Crippen molar-refractivity contribution in [2.45, 2.75) is 25.8 Å². The molecule has 1 atom stereocenters. The van der Waals surface area contributed by atoms with Gasteiger partial charge in [-0.1, -0.05) is 6.07 Å². The molecule has 20 heavy (non-hydrogen) atoms. The maximum absolute atomic E-state index is 12.3. The van der Waals surface area contributed by atoms with Gasteiger partial charge in [0.15, 0.2) is 5.82 Å². The van der Waals surface area contributed by atoms with Crippen LogP contribution in [0.25, 0.3) is 0 Å². The number of nitrogens with zero attached hydrogens (tertiary/aromatic N) is 4. The van der Waals surface area contributed by atoms with Gasteiger partial charge in [0.1, 0.15) is 0 Å². The lowest BCUT2D eigenvalue weighted by atomic mass is 10.0. The molecule has 0 unspecified atom stereocenters. The van der Waals surface area contributed by atoms with Crippen molar-refractivity contribution in [1.29, 1.82) is 0 Å². The maximum Gasteiger partial charge on any atom is 0.293 e. The van der Waals surface area contributed by atoms with Crippen molar-refractivity contribution in [3.8, 4) is 0 Å². The molecule has 104 valence electrons. The fourth-order valence-electron chi connectivity index (χ4n) is 2.74. The molecule has 0 saturated carbocycles. The molecule has 3 heterocycles. The second kappa shape index (κ2) is 5.45. The number of pyridine rings is 1. The third-order valence-electron chi connectivity index (χ3n) is 3.88. The van der Waals surface area contributed by atoms with Crippen molar-refractivity contribution in [1.82, 2.24) is 14.5 Å². The lowest BCUT2D eigenvalue weighted by molar-refractivity contribution is 0.708. The molecule has 0 aliphatic carbocycles. The Balaban J connectivity index is 1.83. The lowest BCUT2D eigenvalue weighted by Gasteiger charge is -2.17. The van der Waals surface area contributed by atoms with Gasteiger partial charge in [-0.05, 0) is 25.0 Å². The first-order chi connectivity index (χ1) is 9.79. The van der Waals surface area contributed by atoms with Gasteiger partial charge in [-0.3, -0.25) is 9.78 Å². The highest BCUT2D eigenvalue weighted by molar-refractivity contribution is 5.39. The van der Waals surface area contributed by atoms with Crippen molar-refractivity contribution >= 4 is 5.82 Å². The van der Waals surface area contributed by atoms with E-state index in [2.05, 4.69) is 20.9 Å². The van der Waals surface area contributed by atoms with Crippen molar-refractivity contribution in [2.75, 3.05) is 18.0 Å². The molecule has 0 amide bonds. The van der Waals surface area contributed by atoms with Gasteiger partial charge >= 0.3 is 0 Å². The van der Waals surface area contributed by atoms with Crippen molar-refractivity contribution in [3.05, 3.63) is 52.8 Å². The Hall–Kier alpha value is -2.17. The van der Waals surface area contributed by atoms with Crippen LogP contribution in [-0.2, 0) is 6.54 Å². The van der Waals surface area contributed by atoms with E-state index in [1.165, 1.54) is 5.56 Å². The van der Waals surface area contributed by atoms with Crippen molar-refractivity contribution in [3.63, 3.8) is 0 Å². The Morgan fingerprint density at radius 2 is 2.30 bits per heavy atom. The fraction of sp³-hybridized carbons (Fsp3) is 0.400. The summed E-state index contributed by atoms with van der Waals surface area (Å²) in [6, 6.07) is 4.06. The summed E-state index contributed by atoms with van der Waals surface area (Å²) in [6.45, 7) is 4.35. The molecule has 0 aromatic carbocycles.